The molecule has 5 heteroatoms. The third-order valence-electron chi connectivity index (χ3n) is 3.04. The summed E-state index contributed by atoms with van der Waals surface area (Å²) in [6.07, 6.45) is 3.02. The zero-order chi connectivity index (χ0) is 15.2. The van der Waals surface area contributed by atoms with Crippen LogP contribution in [0.1, 0.15) is 5.56 Å². The van der Waals surface area contributed by atoms with Crippen molar-refractivity contribution in [3.63, 3.8) is 0 Å². The fourth-order valence-electron chi connectivity index (χ4n) is 2.01. The van der Waals surface area contributed by atoms with E-state index in [0.717, 1.165) is 16.7 Å². The van der Waals surface area contributed by atoms with Crippen LogP contribution in [0.4, 0.5) is 11.4 Å². The molecule has 0 radical (unpaired) electrons. The summed E-state index contributed by atoms with van der Waals surface area (Å²) < 4.78 is 5.21. The van der Waals surface area contributed by atoms with Crippen LogP contribution in [0, 0.1) is 6.92 Å². The molecule has 0 amide bonds. The van der Waals surface area contributed by atoms with Crippen LogP contribution in [0.5, 0.6) is 5.75 Å². The molecule has 0 aliphatic rings. The number of methoxy groups -OCH3 is 1. The molecule has 0 aliphatic carbocycles. The Hall–Kier alpha value is -3.00. The van der Waals surface area contributed by atoms with Gasteiger partial charge in [-0.1, -0.05) is 12.1 Å². The van der Waals surface area contributed by atoms with Gasteiger partial charge in [-0.15, -0.1) is 0 Å². The van der Waals surface area contributed by atoms with Crippen LogP contribution >= 0.6 is 0 Å². The van der Waals surface area contributed by atoms with Gasteiger partial charge in [-0.05, 0) is 47.9 Å². The topological polar surface area (TPSA) is 68.1 Å². The first-order valence-electron chi connectivity index (χ1n) is 6.14. The second kappa shape index (κ2) is 6.44. The maximum Gasteiger partial charge on any atom is 0.240 e. The summed E-state index contributed by atoms with van der Waals surface area (Å²) in [5.74, 6) is 0.489. The lowest BCUT2D eigenvalue weighted by Crippen LogP contribution is -1.86. The lowest BCUT2D eigenvalue weighted by molar-refractivity contribution is 0.416. The summed E-state index contributed by atoms with van der Waals surface area (Å²) in [6.45, 7) is 1.86. The van der Waals surface area contributed by atoms with E-state index >= 15 is 0 Å². The fraction of sp³-hybridized carbons (Fsp3) is 0.125. The van der Waals surface area contributed by atoms with Crippen LogP contribution in [-0.4, -0.2) is 19.3 Å². The minimum Gasteiger partial charge on any atom is -0.494 e. The van der Waals surface area contributed by atoms with Gasteiger partial charge in [0, 0.05) is 0 Å². The van der Waals surface area contributed by atoms with Crippen LogP contribution in [0.25, 0.3) is 11.1 Å². The molecule has 5 nitrogen and oxygen atoms in total. The Balaban J connectivity index is 2.49. The van der Waals surface area contributed by atoms with E-state index in [1.807, 2.05) is 25.1 Å². The van der Waals surface area contributed by atoms with Gasteiger partial charge in [0.2, 0.25) is 12.2 Å². The maximum atomic E-state index is 10.4. The molecule has 0 aromatic heterocycles. The van der Waals surface area contributed by atoms with Gasteiger partial charge in [0.1, 0.15) is 11.4 Å². The van der Waals surface area contributed by atoms with Crippen molar-refractivity contribution in [2.24, 2.45) is 9.98 Å². The summed E-state index contributed by atoms with van der Waals surface area (Å²) in [5, 5.41) is 0. The Bertz CT molecular complexity index is 771. The smallest absolute Gasteiger partial charge is 0.240 e. The Morgan fingerprint density at radius 3 is 2.05 bits per heavy atom. The van der Waals surface area contributed by atoms with Gasteiger partial charge >= 0.3 is 0 Å². The molecule has 0 aliphatic heterocycles. The quantitative estimate of drug-likeness (QED) is 0.634. The van der Waals surface area contributed by atoms with Gasteiger partial charge in [0.15, 0.2) is 0 Å². The SMILES string of the molecule is COc1cc(-c2ccc(N=C=O)c(C)c2)ccc1N=C=O. The number of carbonyl (C=O) groups excluding carboxylic acids is 2. The van der Waals surface area contributed by atoms with Crippen molar-refractivity contribution in [3.8, 4) is 16.9 Å². The zero-order valence-corrected chi connectivity index (χ0v) is 11.6. The number of isocyanates is 2. The molecule has 0 saturated carbocycles. The highest BCUT2D eigenvalue weighted by molar-refractivity contribution is 5.73. The van der Waals surface area contributed by atoms with E-state index < -0.39 is 0 Å². The van der Waals surface area contributed by atoms with E-state index in [0.29, 0.717) is 17.1 Å². The first-order valence-corrected chi connectivity index (χ1v) is 6.14. The number of rotatable bonds is 4. The van der Waals surface area contributed by atoms with Crippen LogP contribution in [0.2, 0.25) is 0 Å². The highest BCUT2D eigenvalue weighted by atomic mass is 16.5. The summed E-state index contributed by atoms with van der Waals surface area (Å²) >= 11 is 0. The zero-order valence-electron chi connectivity index (χ0n) is 11.6. The summed E-state index contributed by atoms with van der Waals surface area (Å²) in [7, 11) is 1.51. The van der Waals surface area contributed by atoms with Crippen LogP contribution < -0.4 is 4.74 Å². The lowest BCUT2D eigenvalue weighted by Gasteiger charge is -2.08. The first kappa shape index (κ1) is 14.4. The van der Waals surface area contributed by atoms with Crippen molar-refractivity contribution in [1.82, 2.24) is 0 Å². The Morgan fingerprint density at radius 2 is 1.48 bits per heavy atom. The van der Waals surface area contributed by atoms with E-state index in [-0.39, 0.29) is 0 Å². The number of hydrogen-bond acceptors (Lipinski definition) is 5. The molecule has 21 heavy (non-hydrogen) atoms. The van der Waals surface area contributed by atoms with Gasteiger partial charge < -0.3 is 4.74 Å². The van der Waals surface area contributed by atoms with Gasteiger partial charge in [-0.2, -0.15) is 9.98 Å². The number of aryl methyl sites for hydroxylation is 1. The van der Waals surface area contributed by atoms with E-state index in [1.54, 1.807) is 18.2 Å². The van der Waals surface area contributed by atoms with Gasteiger partial charge in [0.25, 0.3) is 0 Å². The number of nitrogens with zero attached hydrogens (tertiary/aromatic N) is 2. The predicted octanol–water partition coefficient (Wildman–Crippen LogP) is 3.61. The minimum atomic E-state index is 0.426. The fourth-order valence-corrected chi connectivity index (χ4v) is 2.01. The molecule has 0 bridgehead atoms. The molecule has 0 unspecified atom stereocenters. The summed E-state index contributed by atoms with van der Waals surface area (Å²) in [5.41, 5.74) is 3.72. The lowest BCUT2D eigenvalue weighted by atomic mass is 10.0. The van der Waals surface area contributed by atoms with Crippen molar-refractivity contribution < 1.29 is 14.3 Å². The number of ether oxygens (including phenoxy) is 1. The third-order valence-corrected chi connectivity index (χ3v) is 3.04. The first-order chi connectivity index (χ1) is 10.2. The molecular formula is C16H12N2O3. The minimum absolute atomic E-state index is 0.426. The molecule has 0 N–H and O–H groups in total. The van der Waals surface area contributed by atoms with E-state index in [2.05, 4.69) is 9.98 Å². The van der Waals surface area contributed by atoms with Crippen molar-refractivity contribution in [3.05, 3.63) is 42.0 Å². The Kier molecular flexibility index (Phi) is 4.42. The molecule has 0 heterocycles. The highest BCUT2D eigenvalue weighted by Crippen LogP contribution is 2.33. The summed E-state index contributed by atoms with van der Waals surface area (Å²) in [6, 6.07) is 10.8. The van der Waals surface area contributed by atoms with Gasteiger partial charge in [-0.3, -0.25) is 0 Å². The van der Waals surface area contributed by atoms with Crippen LogP contribution in [0.3, 0.4) is 0 Å². The normalized spacial score (nSPS) is 9.43. The molecule has 0 fully saturated rings. The molecule has 2 aromatic rings. The standard InChI is InChI=1S/C16H12N2O3/c1-11-7-12(3-5-14(11)17-9-19)13-4-6-15(18-10-20)16(8-13)21-2/h3-8H,1-2H3. The number of benzene rings is 2. The van der Waals surface area contributed by atoms with E-state index in [4.69, 9.17) is 4.74 Å². The molecule has 0 atom stereocenters. The average Bonchev–Trinajstić information content (AvgIpc) is 2.50. The Morgan fingerprint density at radius 1 is 0.905 bits per heavy atom. The van der Waals surface area contributed by atoms with Crippen LogP contribution in [-0.2, 0) is 9.59 Å². The van der Waals surface area contributed by atoms with E-state index in [9.17, 15) is 9.59 Å². The predicted molar refractivity (Wildman–Crippen MR) is 78.7 cm³/mol. The van der Waals surface area contributed by atoms with Crippen molar-refractivity contribution in [2.45, 2.75) is 6.92 Å². The second-order valence-electron chi connectivity index (χ2n) is 4.29. The largest absolute Gasteiger partial charge is 0.494 e. The van der Waals surface area contributed by atoms with E-state index in [1.165, 1.54) is 19.3 Å². The average molecular weight is 280 g/mol. The number of aliphatic imine (C=N–C) groups is 2. The van der Waals surface area contributed by atoms with Crippen molar-refractivity contribution in [1.29, 1.82) is 0 Å². The molecule has 2 aromatic carbocycles. The van der Waals surface area contributed by atoms with Gasteiger partial charge in [-0.25, -0.2) is 9.59 Å². The molecule has 0 spiro atoms. The van der Waals surface area contributed by atoms with Crippen LogP contribution in [0.15, 0.2) is 46.4 Å². The molecular weight excluding hydrogens is 268 g/mol. The Labute approximate surface area is 121 Å². The maximum absolute atomic E-state index is 10.4. The third kappa shape index (κ3) is 3.12. The monoisotopic (exact) mass is 280 g/mol. The highest BCUT2D eigenvalue weighted by Gasteiger charge is 2.07. The van der Waals surface area contributed by atoms with Crippen molar-refractivity contribution >= 4 is 23.5 Å². The second-order valence-corrected chi connectivity index (χ2v) is 4.29. The molecule has 0 saturated heterocycles. The van der Waals surface area contributed by atoms with Crippen molar-refractivity contribution in [2.75, 3.05) is 7.11 Å². The van der Waals surface area contributed by atoms with Gasteiger partial charge in [0.05, 0.1) is 12.8 Å². The molecule has 104 valence electrons. The molecule has 2 rings (SSSR count). The number of hydrogen-bond donors (Lipinski definition) is 0. The summed E-state index contributed by atoms with van der Waals surface area (Å²) in [4.78, 5) is 27.9.